The van der Waals surface area contributed by atoms with E-state index in [9.17, 15) is 0 Å². The van der Waals surface area contributed by atoms with E-state index in [4.69, 9.17) is 9.84 Å². The summed E-state index contributed by atoms with van der Waals surface area (Å²) in [5, 5.41) is 9.11. The Labute approximate surface area is 115 Å². The molecule has 94 valence electrons. The van der Waals surface area contributed by atoms with E-state index in [0.29, 0.717) is 0 Å². The summed E-state index contributed by atoms with van der Waals surface area (Å²) < 4.78 is 6.73. The largest absolute Gasteiger partial charge is 0.457 e. The lowest BCUT2D eigenvalue weighted by Gasteiger charge is -2.11. The highest BCUT2D eigenvalue weighted by Crippen LogP contribution is 2.29. The average Bonchev–Trinajstić information content (AvgIpc) is 2.39. The number of rotatable bonds is 4. The molecule has 0 radical (unpaired) electrons. The molecule has 0 unspecified atom stereocenters. The number of aliphatic hydroxyl groups is 1. The standard InChI is InChI=1S/C15H15BrO2/c1-2-11-5-3-4-6-15(11)18-13-8-7-12(10-17)14(16)9-13/h3-9,17H,2,10H2,1H3. The molecule has 0 heterocycles. The van der Waals surface area contributed by atoms with Gasteiger partial charge in [-0.3, -0.25) is 0 Å². The molecule has 0 atom stereocenters. The molecule has 2 aromatic carbocycles. The third kappa shape index (κ3) is 2.92. The molecule has 0 saturated carbocycles. The Morgan fingerprint density at radius 3 is 2.56 bits per heavy atom. The highest BCUT2D eigenvalue weighted by atomic mass is 79.9. The summed E-state index contributed by atoms with van der Waals surface area (Å²) in [5.41, 5.74) is 2.03. The van der Waals surface area contributed by atoms with Crippen LogP contribution in [0.3, 0.4) is 0 Å². The summed E-state index contributed by atoms with van der Waals surface area (Å²) in [5.74, 6) is 1.64. The average molecular weight is 307 g/mol. The summed E-state index contributed by atoms with van der Waals surface area (Å²) in [6.45, 7) is 2.12. The van der Waals surface area contributed by atoms with Crippen molar-refractivity contribution in [1.29, 1.82) is 0 Å². The number of aryl methyl sites for hydroxylation is 1. The number of halogens is 1. The molecule has 0 aliphatic carbocycles. The maximum Gasteiger partial charge on any atom is 0.130 e. The summed E-state index contributed by atoms with van der Waals surface area (Å²) in [6.07, 6.45) is 0.937. The Balaban J connectivity index is 2.26. The van der Waals surface area contributed by atoms with Crippen molar-refractivity contribution in [2.45, 2.75) is 20.0 Å². The predicted molar refractivity (Wildman–Crippen MR) is 76.0 cm³/mol. The van der Waals surface area contributed by atoms with E-state index in [0.717, 1.165) is 28.0 Å². The van der Waals surface area contributed by atoms with Crippen LogP contribution in [0.5, 0.6) is 11.5 Å². The van der Waals surface area contributed by atoms with Crippen LogP contribution in [0, 0.1) is 0 Å². The molecule has 1 N–H and O–H groups in total. The number of ether oxygens (including phenoxy) is 1. The molecule has 0 saturated heterocycles. The van der Waals surface area contributed by atoms with E-state index in [1.54, 1.807) is 0 Å². The van der Waals surface area contributed by atoms with Crippen molar-refractivity contribution in [2.24, 2.45) is 0 Å². The van der Waals surface area contributed by atoms with Gasteiger partial charge in [0.2, 0.25) is 0 Å². The van der Waals surface area contributed by atoms with E-state index >= 15 is 0 Å². The quantitative estimate of drug-likeness (QED) is 0.912. The second-order valence-corrected chi connectivity index (χ2v) is 4.83. The topological polar surface area (TPSA) is 29.5 Å². The maximum absolute atomic E-state index is 9.11. The van der Waals surface area contributed by atoms with Gasteiger partial charge in [0.25, 0.3) is 0 Å². The summed E-state index contributed by atoms with van der Waals surface area (Å²) in [4.78, 5) is 0. The third-order valence-corrected chi connectivity index (χ3v) is 3.51. The van der Waals surface area contributed by atoms with E-state index in [2.05, 4.69) is 28.9 Å². The zero-order valence-corrected chi connectivity index (χ0v) is 11.8. The molecule has 0 spiro atoms. The summed E-state index contributed by atoms with van der Waals surface area (Å²) >= 11 is 3.42. The van der Waals surface area contributed by atoms with Crippen molar-refractivity contribution >= 4 is 15.9 Å². The molecule has 0 aliphatic rings. The normalized spacial score (nSPS) is 10.4. The van der Waals surface area contributed by atoms with Gasteiger partial charge >= 0.3 is 0 Å². The van der Waals surface area contributed by atoms with Crippen LogP contribution in [-0.4, -0.2) is 5.11 Å². The first-order valence-electron chi connectivity index (χ1n) is 5.89. The minimum Gasteiger partial charge on any atom is -0.457 e. The molecule has 0 bridgehead atoms. The van der Waals surface area contributed by atoms with Crippen molar-refractivity contribution in [3.63, 3.8) is 0 Å². The first-order chi connectivity index (χ1) is 8.74. The van der Waals surface area contributed by atoms with Crippen molar-refractivity contribution < 1.29 is 9.84 Å². The number of hydrogen-bond acceptors (Lipinski definition) is 2. The Morgan fingerprint density at radius 1 is 1.11 bits per heavy atom. The Morgan fingerprint density at radius 2 is 1.89 bits per heavy atom. The zero-order chi connectivity index (χ0) is 13.0. The van der Waals surface area contributed by atoms with Gasteiger partial charge in [0.15, 0.2) is 0 Å². The van der Waals surface area contributed by atoms with E-state index < -0.39 is 0 Å². The molecule has 2 rings (SSSR count). The molecule has 0 aliphatic heterocycles. The molecular formula is C15H15BrO2. The van der Waals surface area contributed by atoms with Gasteiger partial charge in [0.05, 0.1) is 6.61 Å². The first kappa shape index (κ1) is 13.1. The molecule has 0 fully saturated rings. The number of benzene rings is 2. The van der Waals surface area contributed by atoms with Crippen molar-refractivity contribution in [1.82, 2.24) is 0 Å². The van der Waals surface area contributed by atoms with Gasteiger partial charge < -0.3 is 9.84 Å². The molecule has 18 heavy (non-hydrogen) atoms. The smallest absolute Gasteiger partial charge is 0.130 e. The molecule has 3 heteroatoms. The minimum atomic E-state index is 0.0202. The second-order valence-electron chi connectivity index (χ2n) is 3.97. The molecule has 2 aromatic rings. The van der Waals surface area contributed by atoms with Crippen LogP contribution in [0.15, 0.2) is 46.9 Å². The Bertz CT molecular complexity index is 538. The van der Waals surface area contributed by atoms with Crippen LogP contribution in [0.1, 0.15) is 18.1 Å². The van der Waals surface area contributed by atoms with Gasteiger partial charge in [0.1, 0.15) is 11.5 Å². The first-order valence-corrected chi connectivity index (χ1v) is 6.69. The minimum absolute atomic E-state index is 0.0202. The lowest BCUT2D eigenvalue weighted by molar-refractivity contribution is 0.281. The lowest BCUT2D eigenvalue weighted by atomic mass is 10.1. The van der Waals surface area contributed by atoms with Crippen LogP contribution in [0.4, 0.5) is 0 Å². The Kier molecular flexibility index (Phi) is 4.39. The van der Waals surface area contributed by atoms with Gasteiger partial charge in [-0.25, -0.2) is 0 Å². The fourth-order valence-electron chi connectivity index (χ4n) is 1.74. The van der Waals surface area contributed by atoms with E-state index in [-0.39, 0.29) is 6.61 Å². The second kappa shape index (κ2) is 6.03. The van der Waals surface area contributed by atoms with Crippen molar-refractivity contribution in [3.05, 3.63) is 58.1 Å². The van der Waals surface area contributed by atoms with Gasteiger partial charge in [0, 0.05) is 4.47 Å². The van der Waals surface area contributed by atoms with Gasteiger partial charge in [-0.05, 0) is 35.7 Å². The Hall–Kier alpha value is -1.32. The molecule has 2 nitrogen and oxygen atoms in total. The van der Waals surface area contributed by atoms with Crippen LogP contribution in [0.25, 0.3) is 0 Å². The SMILES string of the molecule is CCc1ccccc1Oc1ccc(CO)c(Br)c1. The van der Waals surface area contributed by atoms with Gasteiger partial charge in [-0.1, -0.05) is 47.1 Å². The van der Waals surface area contributed by atoms with Gasteiger partial charge in [-0.15, -0.1) is 0 Å². The number of para-hydroxylation sites is 1. The van der Waals surface area contributed by atoms with Crippen LogP contribution < -0.4 is 4.74 Å². The summed E-state index contributed by atoms with van der Waals surface area (Å²) in [6, 6.07) is 13.6. The fourth-order valence-corrected chi connectivity index (χ4v) is 2.23. The fraction of sp³-hybridized carbons (Fsp3) is 0.200. The van der Waals surface area contributed by atoms with Crippen LogP contribution in [-0.2, 0) is 13.0 Å². The highest BCUT2D eigenvalue weighted by Gasteiger charge is 2.05. The molecule has 0 amide bonds. The summed E-state index contributed by atoms with van der Waals surface area (Å²) in [7, 11) is 0. The number of aliphatic hydroxyl groups excluding tert-OH is 1. The van der Waals surface area contributed by atoms with Crippen molar-refractivity contribution in [2.75, 3.05) is 0 Å². The monoisotopic (exact) mass is 306 g/mol. The van der Waals surface area contributed by atoms with Gasteiger partial charge in [-0.2, -0.15) is 0 Å². The molecular weight excluding hydrogens is 292 g/mol. The zero-order valence-electron chi connectivity index (χ0n) is 10.2. The number of hydrogen-bond donors (Lipinski definition) is 1. The highest BCUT2D eigenvalue weighted by molar-refractivity contribution is 9.10. The third-order valence-electron chi connectivity index (χ3n) is 2.78. The van der Waals surface area contributed by atoms with E-state index in [1.807, 2.05) is 36.4 Å². The lowest BCUT2D eigenvalue weighted by Crippen LogP contribution is -1.91. The van der Waals surface area contributed by atoms with E-state index in [1.165, 1.54) is 5.56 Å². The van der Waals surface area contributed by atoms with Crippen molar-refractivity contribution in [3.8, 4) is 11.5 Å². The van der Waals surface area contributed by atoms with Crippen LogP contribution in [0.2, 0.25) is 0 Å². The predicted octanol–water partition coefficient (Wildman–Crippen LogP) is 4.30. The molecule has 0 aromatic heterocycles. The maximum atomic E-state index is 9.11. The van der Waals surface area contributed by atoms with Crippen LogP contribution >= 0.6 is 15.9 Å².